The number of methoxy groups -OCH3 is 1. The van der Waals surface area contributed by atoms with Gasteiger partial charge in [-0.3, -0.25) is 0 Å². The zero-order valence-corrected chi connectivity index (χ0v) is 11.0. The predicted molar refractivity (Wildman–Crippen MR) is 67.5 cm³/mol. The number of halogens is 2. The number of thioether (sulfide) groups is 1. The van der Waals surface area contributed by atoms with Crippen molar-refractivity contribution in [2.24, 2.45) is 0 Å². The van der Waals surface area contributed by atoms with Crippen LogP contribution in [0.4, 0.5) is 8.78 Å². The molecule has 2 nitrogen and oxygen atoms in total. The summed E-state index contributed by atoms with van der Waals surface area (Å²) in [5.41, 5.74) is 0.576. The van der Waals surface area contributed by atoms with Crippen molar-refractivity contribution in [2.45, 2.75) is 18.2 Å². The molecule has 0 N–H and O–H groups in total. The summed E-state index contributed by atoms with van der Waals surface area (Å²) in [4.78, 5) is 11.9. The molecule has 98 valence electrons. The number of carbonyl (C=O) groups excluding carboxylic acids is 1. The predicted octanol–water partition coefficient (Wildman–Crippen LogP) is 3.57. The number of esters is 1. The van der Waals surface area contributed by atoms with Gasteiger partial charge in [-0.05, 0) is 24.6 Å². The summed E-state index contributed by atoms with van der Waals surface area (Å²) in [5, 5.41) is 0. The lowest BCUT2D eigenvalue weighted by molar-refractivity contribution is -0.136. The van der Waals surface area contributed by atoms with Gasteiger partial charge in [0.25, 0.3) is 0 Å². The van der Waals surface area contributed by atoms with Crippen molar-refractivity contribution < 1.29 is 18.3 Å². The van der Waals surface area contributed by atoms with Crippen LogP contribution in [0.15, 0.2) is 34.7 Å². The third-order valence-electron chi connectivity index (χ3n) is 2.30. The molecule has 0 amide bonds. The maximum atomic E-state index is 12.9. The van der Waals surface area contributed by atoms with Crippen LogP contribution in [-0.2, 0) is 9.53 Å². The molecule has 0 saturated carbocycles. The van der Waals surface area contributed by atoms with E-state index in [0.717, 1.165) is 12.1 Å². The Bertz CT molecular complexity index is 458. The Hall–Kier alpha value is -1.36. The molecule has 0 aliphatic rings. The van der Waals surface area contributed by atoms with Crippen LogP contribution in [0.25, 0.3) is 0 Å². The lowest BCUT2D eigenvalue weighted by Gasteiger charge is -2.03. The van der Waals surface area contributed by atoms with Crippen LogP contribution in [0, 0.1) is 11.6 Å². The second kappa shape index (κ2) is 7.16. The molecule has 0 fully saturated rings. The standard InChI is InChI=1S/C13H14F2O2S/c1-3-9(13(16)17-2)6-7-18-10-4-5-11(14)12(15)8-10/h4-6,8H,3,7H2,1-2H3. The number of rotatable bonds is 5. The molecule has 0 atom stereocenters. The van der Waals surface area contributed by atoms with Crippen LogP contribution in [0.3, 0.4) is 0 Å². The molecule has 1 rings (SSSR count). The monoisotopic (exact) mass is 272 g/mol. The van der Waals surface area contributed by atoms with Crippen LogP contribution in [0.2, 0.25) is 0 Å². The van der Waals surface area contributed by atoms with Gasteiger partial charge in [-0.2, -0.15) is 0 Å². The quantitative estimate of drug-likeness (QED) is 0.465. The van der Waals surface area contributed by atoms with Gasteiger partial charge < -0.3 is 4.74 Å². The molecule has 0 bridgehead atoms. The lowest BCUT2D eigenvalue weighted by Crippen LogP contribution is -2.04. The number of ether oxygens (including phenoxy) is 1. The first kappa shape index (κ1) is 14.7. The van der Waals surface area contributed by atoms with Crippen molar-refractivity contribution in [2.75, 3.05) is 12.9 Å². The van der Waals surface area contributed by atoms with E-state index in [1.54, 1.807) is 6.08 Å². The highest BCUT2D eigenvalue weighted by Gasteiger charge is 2.06. The molecule has 18 heavy (non-hydrogen) atoms. The Balaban J connectivity index is 2.62. The van der Waals surface area contributed by atoms with E-state index in [4.69, 9.17) is 0 Å². The van der Waals surface area contributed by atoms with Crippen molar-refractivity contribution >= 4 is 17.7 Å². The van der Waals surface area contributed by atoms with Crippen molar-refractivity contribution in [3.05, 3.63) is 41.5 Å². The minimum atomic E-state index is -0.868. The first-order valence-corrected chi connectivity index (χ1v) is 6.42. The summed E-state index contributed by atoms with van der Waals surface area (Å²) in [6, 6.07) is 3.72. The summed E-state index contributed by atoms with van der Waals surface area (Å²) in [5.74, 6) is -1.58. The van der Waals surface area contributed by atoms with Gasteiger partial charge >= 0.3 is 5.97 Å². The molecule has 0 heterocycles. The van der Waals surface area contributed by atoms with Crippen molar-refractivity contribution in [1.82, 2.24) is 0 Å². The molecular weight excluding hydrogens is 258 g/mol. The molecule has 0 spiro atoms. The van der Waals surface area contributed by atoms with E-state index in [2.05, 4.69) is 4.74 Å². The third-order valence-corrected chi connectivity index (χ3v) is 3.22. The fourth-order valence-corrected chi connectivity index (χ4v) is 2.14. The average molecular weight is 272 g/mol. The highest BCUT2D eigenvalue weighted by Crippen LogP contribution is 2.21. The van der Waals surface area contributed by atoms with E-state index in [9.17, 15) is 13.6 Å². The first-order valence-electron chi connectivity index (χ1n) is 5.43. The van der Waals surface area contributed by atoms with E-state index in [1.807, 2.05) is 6.92 Å². The second-order valence-corrected chi connectivity index (χ2v) is 4.55. The van der Waals surface area contributed by atoms with Crippen LogP contribution in [0.5, 0.6) is 0 Å². The normalized spacial score (nSPS) is 11.4. The molecule has 0 saturated heterocycles. The fraction of sp³-hybridized carbons (Fsp3) is 0.308. The Morgan fingerprint density at radius 2 is 2.11 bits per heavy atom. The number of hydrogen-bond donors (Lipinski definition) is 0. The first-order chi connectivity index (χ1) is 8.58. The van der Waals surface area contributed by atoms with Gasteiger partial charge in [0.15, 0.2) is 11.6 Å². The highest BCUT2D eigenvalue weighted by atomic mass is 32.2. The van der Waals surface area contributed by atoms with Crippen molar-refractivity contribution in [3.8, 4) is 0 Å². The van der Waals surface area contributed by atoms with E-state index < -0.39 is 11.6 Å². The van der Waals surface area contributed by atoms with E-state index in [1.165, 1.54) is 24.9 Å². The van der Waals surface area contributed by atoms with E-state index in [-0.39, 0.29) is 5.97 Å². The Morgan fingerprint density at radius 1 is 1.39 bits per heavy atom. The minimum absolute atomic E-state index is 0.358. The SMILES string of the molecule is CCC(=CCSc1ccc(F)c(F)c1)C(=O)OC. The van der Waals surface area contributed by atoms with E-state index in [0.29, 0.717) is 22.6 Å². The lowest BCUT2D eigenvalue weighted by atomic mass is 10.2. The zero-order chi connectivity index (χ0) is 13.5. The fourth-order valence-electron chi connectivity index (χ4n) is 1.31. The van der Waals surface area contributed by atoms with Gasteiger partial charge in [0, 0.05) is 16.2 Å². The molecule has 1 aromatic carbocycles. The summed E-state index contributed by atoms with van der Waals surface area (Å²) >= 11 is 1.32. The van der Waals surface area contributed by atoms with E-state index >= 15 is 0 Å². The van der Waals surface area contributed by atoms with Gasteiger partial charge in [-0.25, -0.2) is 13.6 Å². The molecule has 0 unspecified atom stereocenters. The highest BCUT2D eigenvalue weighted by molar-refractivity contribution is 7.99. The molecule has 0 radical (unpaired) electrons. The summed E-state index contributed by atoms with van der Waals surface area (Å²) in [7, 11) is 1.33. The third kappa shape index (κ3) is 4.14. The Morgan fingerprint density at radius 3 is 2.67 bits per heavy atom. The summed E-state index contributed by atoms with van der Waals surface area (Å²) < 4.78 is 30.2. The molecule has 0 aliphatic carbocycles. The van der Waals surface area contributed by atoms with Crippen molar-refractivity contribution in [3.63, 3.8) is 0 Å². The number of benzene rings is 1. The summed E-state index contributed by atoms with van der Waals surface area (Å²) in [6.07, 6.45) is 2.31. The zero-order valence-electron chi connectivity index (χ0n) is 10.2. The van der Waals surface area contributed by atoms with Crippen LogP contribution in [0.1, 0.15) is 13.3 Å². The Kier molecular flexibility index (Phi) is 5.85. The van der Waals surface area contributed by atoms with Gasteiger partial charge in [-0.15, -0.1) is 11.8 Å². The smallest absolute Gasteiger partial charge is 0.333 e. The molecule has 1 aromatic rings. The topological polar surface area (TPSA) is 26.3 Å². The van der Waals surface area contributed by atoms with Crippen molar-refractivity contribution in [1.29, 1.82) is 0 Å². The van der Waals surface area contributed by atoms with Gasteiger partial charge in [0.05, 0.1) is 7.11 Å². The number of hydrogen-bond acceptors (Lipinski definition) is 3. The van der Waals surface area contributed by atoms with Gasteiger partial charge in [-0.1, -0.05) is 13.0 Å². The maximum absolute atomic E-state index is 12.9. The Labute approximate surface area is 109 Å². The van der Waals surface area contributed by atoms with Crippen LogP contribution in [-0.4, -0.2) is 18.8 Å². The molecule has 0 aromatic heterocycles. The van der Waals surface area contributed by atoms with Gasteiger partial charge in [0.1, 0.15) is 0 Å². The molecular formula is C13H14F2O2S. The molecule has 5 heteroatoms. The molecule has 0 aliphatic heterocycles. The minimum Gasteiger partial charge on any atom is -0.466 e. The van der Waals surface area contributed by atoms with Crippen LogP contribution < -0.4 is 0 Å². The van der Waals surface area contributed by atoms with Gasteiger partial charge in [0.2, 0.25) is 0 Å². The number of carbonyl (C=O) groups is 1. The maximum Gasteiger partial charge on any atom is 0.333 e. The summed E-state index contributed by atoms with van der Waals surface area (Å²) in [6.45, 7) is 1.85. The average Bonchev–Trinajstić information content (AvgIpc) is 2.38. The second-order valence-electron chi connectivity index (χ2n) is 3.46. The van der Waals surface area contributed by atoms with Crippen LogP contribution >= 0.6 is 11.8 Å². The largest absolute Gasteiger partial charge is 0.466 e.